The highest BCUT2D eigenvalue weighted by atomic mass is 16.6. The summed E-state index contributed by atoms with van der Waals surface area (Å²) in [5, 5.41) is 0. The third kappa shape index (κ3) is 4.37. The van der Waals surface area contributed by atoms with Crippen molar-refractivity contribution in [1.29, 1.82) is 0 Å². The van der Waals surface area contributed by atoms with Crippen LogP contribution in [0.25, 0.3) is 0 Å². The van der Waals surface area contributed by atoms with Crippen LogP contribution < -0.4 is 10.6 Å². The van der Waals surface area contributed by atoms with Crippen molar-refractivity contribution in [3.05, 3.63) is 29.8 Å². The van der Waals surface area contributed by atoms with Gasteiger partial charge >= 0.3 is 5.97 Å². The van der Waals surface area contributed by atoms with E-state index in [4.69, 9.17) is 10.5 Å². The summed E-state index contributed by atoms with van der Waals surface area (Å²) in [4.78, 5) is 13.6. The van der Waals surface area contributed by atoms with Crippen LogP contribution in [0.2, 0.25) is 0 Å². The molecule has 0 heterocycles. The van der Waals surface area contributed by atoms with E-state index in [0.717, 1.165) is 11.3 Å². The number of para-hydroxylation sites is 1. The number of carbonyl (C=O) groups is 1. The van der Waals surface area contributed by atoms with E-state index in [-0.39, 0.29) is 12.5 Å². The van der Waals surface area contributed by atoms with Crippen LogP contribution in [0.3, 0.4) is 0 Å². The largest absolute Gasteiger partial charge is 0.459 e. The van der Waals surface area contributed by atoms with E-state index < -0.39 is 5.60 Å². The number of ether oxygens (including phenoxy) is 1. The number of benzene rings is 1. The summed E-state index contributed by atoms with van der Waals surface area (Å²) in [7, 11) is 1.86. The number of anilines is 1. The maximum atomic E-state index is 11.7. The molecule has 4 nitrogen and oxygen atoms in total. The molecule has 1 aromatic carbocycles. The van der Waals surface area contributed by atoms with Gasteiger partial charge in [-0.05, 0) is 32.4 Å². The Morgan fingerprint density at radius 2 is 1.94 bits per heavy atom. The van der Waals surface area contributed by atoms with Crippen molar-refractivity contribution in [2.45, 2.75) is 32.9 Å². The van der Waals surface area contributed by atoms with Crippen LogP contribution in [0.5, 0.6) is 0 Å². The van der Waals surface area contributed by atoms with Crippen molar-refractivity contribution in [3.63, 3.8) is 0 Å². The van der Waals surface area contributed by atoms with Crippen molar-refractivity contribution < 1.29 is 9.53 Å². The fraction of sp³-hybridized carbons (Fsp3) is 0.500. The minimum absolute atomic E-state index is 0.217. The first-order valence-corrected chi connectivity index (χ1v) is 6.04. The number of nitrogens with two attached hydrogens (primary N) is 1. The summed E-state index contributed by atoms with van der Waals surface area (Å²) < 4.78 is 5.29. The number of likely N-dealkylation sites (N-methyl/N-ethyl adjacent to an activating group) is 1. The predicted molar refractivity (Wildman–Crippen MR) is 73.4 cm³/mol. The molecule has 0 aliphatic carbocycles. The van der Waals surface area contributed by atoms with Crippen molar-refractivity contribution in [2.24, 2.45) is 5.73 Å². The fourth-order valence-electron chi connectivity index (χ4n) is 1.71. The molecule has 0 fully saturated rings. The summed E-state index contributed by atoms with van der Waals surface area (Å²) in [6, 6.07) is 7.78. The monoisotopic (exact) mass is 250 g/mol. The van der Waals surface area contributed by atoms with E-state index in [0.29, 0.717) is 6.54 Å². The summed E-state index contributed by atoms with van der Waals surface area (Å²) in [5.41, 5.74) is 7.21. The van der Waals surface area contributed by atoms with E-state index in [2.05, 4.69) is 0 Å². The van der Waals surface area contributed by atoms with Crippen LogP contribution in [0.1, 0.15) is 26.3 Å². The van der Waals surface area contributed by atoms with Crippen LogP contribution in [-0.4, -0.2) is 25.2 Å². The fourth-order valence-corrected chi connectivity index (χ4v) is 1.71. The Hall–Kier alpha value is -1.55. The number of hydrogen-bond donors (Lipinski definition) is 1. The average Bonchev–Trinajstić information content (AvgIpc) is 2.26. The molecule has 1 aromatic rings. The second-order valence-corrected chi connectivity index (χ2v) is 5.28. The summed E-state index contributed by atoms with van der Waals surface area (Å²) in [5.74, 6) is -0.239. The summed E-state index contributed by atoms with van der Waals surface area (Å²) in [6.45, 7) is 6.25. The van der Waals surface area contributed by atoms with E-state index in [1.54, 1.807) is 0 Å². The zero-order chi connectivity index (χ0) is 13.8. The highest BCUT2D eigenvalue weighted by molar-refractivity contribution is 5.76. The number of nitrogens with zero attached hydrogens (tertiary/aromatic N) is 1. The minimum atomic E-state index is -0.453. The van der Waals surface area contributed by atoms with Crippen LogP contribution in [-0.2, 0) is 16.1 Å². The topological polar surface area (TPSA) is 55.6 Å². The Morgan fingerprint density at radius 3 is 2.50 bits per heavy atom. The first kappa shape index (κ1) is 14.5. The Morgan fingerprint density at radius 1 is 1.33 bits per heavy atom. The van der Waals surface area contributed by atoms with E-state index in [1.165, 1.54) is 0 Å². The molecule has 0 aliphatic rings. The molecule has 0 atom stereocenters. The molecule has 0 saturated heterocycles. The first-order chi connectivity index (χ1) is 8.33. The molecular formula is C14H22N2O2. The molecule has 0 saturated carbocycles. The van der Waals surface area contributed by atoms with Crippen molar-refractivity contribution >= 4 is 11.7 Å². The maximum absolute atomic E-state index is 11.7. The lowest BCUT2D eigenvalue weighted by molar-refractivity contribution is -0.152. The predicted octanol–water partition coefficient (Wildman–Crippen LogP) is 1.92. The molecule has 0 bridgehead atoms. The second kappa shape index (κ2) is 5.87. The molecule has 4 heteroatoms. The average molecular weight is 250 g/mol. The van der Waals surface area contributed by atoms with Gasteiger partial charge in [-0.1, -0.05) is 18.2 Å². The molecule has 2 N–H and O–H groups in total. The molecule has 0 aromatic heterocycles. The van der Waals surface area contributed by atoms with Gasteiger partial charge < -0.3 is 15.4 Å². The maximum Gasteiger partial charge on any atom is 0.326 e. The third-order valence-corrected chi connectivity index (χ3v) is 2.41. The molecule has 0 aliphatic heterocycles. The number of rotatable bonds is 4. The SMILES string of the molecule is CN(CC(=O)OC(C)(C)C)c1ccccc1CN. The van der Waals surface area contributed by atoms with Crippen molar-refractivity contribution in [3.8, 4) is 0 Å². The smallest absolute Gasteiger partial charge is 0.326 e. The normalized spacial score (nSPS) is 11.2. The van der Waals surface area contributed by atoms with Crippen LogP contribution in [0.15, 0.2) is 24.3 Å². The molecule has 18 heavy (non-hydrogen) atoms. The Labute approximate surface area is 109 Å². The second-order valence-electron chi connectivity index (χ2n) is 5.28. The van der Waals surface area contributed by atoms with Gasteiger partial charge in [0.05, 0.1) is 0 Å². The molecular weight excluding hydrogens is 228 g/mol. The van der Waals surface area contributed by atoms with E-state index in [1.807, 2.05) is 57.0 Å². The van der Waals surface area contributed by atoms with Gasteiger partial charge in [0.25, 0.3) is 0 Å². The van der Waals surface area contributed by atoms with E-state index >= 15 is 0 Å². The molecule has 0 unspecified atom stereocenters. The van der Waals surface area contributed by atoms with Gasteiger partial charge in [-0.25, -0.2) is 0 Å². The summed E-state index contributed by atoms with van der Waals surface area (Å²) >= 11 is 0. The lowest BCUT2D eigenvalue weighted by Crippen LogP contribution is -2.33. The van der Waals surface area contributed by atoms with Gasteiger partial charge in [0.2, 0.25) is 0 Å². The minimum Gasteiger partial charge on any atom is -0.459 e. The van der Waals surface area contributed by atoms with Crippen LogP contribution in [0.4, 0.5) is 5.69 Å². The Kier molecular flexibility index (Phi) is 4.73. The van der Waals surface area contributed by atoms with Crippen LogP contribution in [0, 0.1) is 0 Å². The summed E-state index contributed by atoms with van der Waals surface area (Å²) in [6.07, 6.45) is 0. The third-order valence-electron chi connectivity index (χ3n) is 2.41. The lowest BCUT2D eigenvalue weighted by Gasteiger charge is -2.24. The van der Waals surface area contributed by atoms with Crippen molar-refractivity contribution in [2.75, 3.05) is 18.5 Å². The number of carbonyl (C=O) groups excluding carboxylic acids is 1. The van der Waals surface area contributed by atoms with Gasteiger partial charge in [-0.2, -0.15) is 0 Å². The van der Waals surface area contributed by atoms with Crippen molar-refractivity contribution in [1.82, 2.24) is 0 Å². The molecule has 0 amide bonds. The highest BCUT2D eigenvalue weighted by Gasteiger charge is 2.18. The highest BCUT2D eigenvalue weighted by Crippen LogP contribution is 2.18. The van der Waals surface area contributed by atoms with Gasteiger partial charge in [0.1, 0.15) is 12.1 Å². The molecule has 100 valence electrons. The number of hydrogen-bond acceptors (Lipinski definition) is 4. The Bertz CT molecular complexity index is 411. The van der Waals surface area contributed by atoms with Gasteiger partial charge in [-0.3, -0.25) is 4.79 Å². The molecule has 0 radical (unpaired) electrons. The van der Waals surface area contributed by atoms with Gasteiger partial charge in [0.15, 0.2) is 0 Å². The zero-order valence-corrected chi connectivity index (χ0v) is 11.6. The lowest BCUT2D eigenvalue weighted by atomic mass is 10.1. The Balaban J connectivity index is 2.70. The zero-order valence-electron chi connectivity index (χ0n) is 11.6. The first-order valence-electron chi connectivity index (χ1n) is 6.04. The van der Waals surface area contributed by atoms with Gasteiger partial charge in [0, 0.05) is 19.3 Å². The molecule has 0 spiro atoms. The van der Waals surface area contributed by atoms with Gasteiger partial charge in [-0.15, -0.1) is 0 Å². The standard InChI is InChI=1S/C14H22N2O2/c1-14(2,3)18-13(17)10-16(4)12-8-6-5-7-11(12)9-15/h5-8H,9-10,15H2,1-4H3. The quantitative estimate of drug-likeness (QED) is 0.830. The molecule has 1 rings (SSSR count). The van der Waals surface area contributed by atoms with Crippen LogP contribution >= 0.6 is 0 Å². The van der Waals surface area contributed by atoms with E-state index in [9.17, 15) is 4.79 Å². The number of esters is 1.